The van der Waals surface area contributed by atoms with Crippen LogP contribution in [0.1, 0.15) is 19.8 Å². The number of aromatic nitrogens is 1. The van der Waals surface area contributed by atoms with Crippen molar-refractivity contribution in [3.05, 3.63) is 24.4 Å². The molecule has 1 aliphatic heterocycles. The number of rotatable bonds is 8. The molecule has 2 rings (SSSR count). The molecule has 1 aromatic rings. The molecule has 0 radical (unpaired) electrons. The summed E-state index contributed by atoms with van der Waals surface area (Å²) in [6, 6.07) is 5.88. The summed E-state index contributed by atoms with van der Waals surface area (Å²) in [4.78, 5) is 36.6. The van der Waals surface area contributed by atoms with Gasteiger partial charge in [0, 0.05) is 58.8 Å². The highest BCUT2D eigenvalue weighted by Gasteiger charge is 2.22. The molecule has 0 aliphatic carbocycles. The molecule has 2 heterocycles. The minimum absolute atomic E-state index is 0.0385. The monoisotopic (exact) mass is 361 g/mol. The first-order chi connectivity index (χ1) is 12.5. The van der Waals surface area contributed by atoms with Crippen LogP contribution in [0.2, 0.25) is 0 Å². The van der Waals surface area contributed by atoms with E-state index in [9.17, 15) is 9.59 Å². The van der Waals surface area contributed by atoms with Gasteiger partial charge in [0.25, 0.3) is 0 Å². The number of hydrogen-bond donors (Lipinski definition) is 0. The lowest BCUT2D eigenvalue weighted by Gasteiger charge is -2.35. The van der Waals surface area contributed by atoms with Crippen molar-refractivity contribution in [1.82, 2.24) is 19.7 Å². The molecule has 7 heteroatoms. The fraction of sp³-hybridized carbons (Fsp3) is 0.632. The zero-order valence-corrected chi connectivity index (χ0v) is 16.2. The molecule has 0 N–H and O–H groups in total. The topological polar surface area (TPSA) is 60.0 Å². The fourth-order valence-electron chi connectivity index (χ4n) is 3.12. The van der Waals surface area contributed by atoms with Crippen LogP contribution in [0.3, 0.4) is 0 Å². The van der Waals surface area contributed by atoms with Gasteiger partial charge in [0.15, 0.2) is 0 Å². The Labute approximate surface area is 156 Å². The van der Waals surface area contributed by atoms with Crippen molar-refractivity contribution in [2.24, 2.45) is 0 Å². The van der Waals surface area contributed by atoms with Gasteiger partial charge in [-0.05, 0) is 39.2 Å². The third-order valence-electron chi connectivity index (χ3n) is 4.68. The Kier molecular flexibility index (Phi) is 7.84. The van der Waals surface area contributed by atoms with Gasteiger partial charge in [-0.25, -0.2) is 4.98 Å². The van der Waals surface area contributed by atoms with E-state index in [1.807, 2.05) is 37.2 Å². The summed E-state index contributed by atoms with van der Waals surface area (Å²) in [5.41, 5.74) is 0. The molecule has 1 saturated heterocycles. The van der Waals surface area contributed by atoms with Crippen molar-refractivity contribution in [2.45, 2.75) is 19.8 Å². The van der Waals surface area contributed by atoms with Gasteiger partial charge in [0.1, 0.15) is 5.82 Å². The molecule has 0 bridgehead atoms. The summed E-state index contributed by atoms with van der Waals surface area (Å²) < 4.78 is 0. The molecule has 2 amide bonds. The van der Waals surface area contributed by atoms with E-state index in [2.05, 4.69) is 14.8 Å². The average Bonchev–Trinajstić information content (AvgIpc) is 2.64. The maximum atomic E-state index is 12.5. The van der Waals surface area contributed by atoms with Gasteiger partial charge in [0.05, 0.1) is 0 Å². The van der Waals surface area contributed by atoms with E-state index >= 15 is 0 Å². The average molecular weight is 361 g/mol. The van der Waals surface area contributed by atoms with Gasteiger partial charge >= 0.3 is 0 Å². The number of nitrogens with zero attached hydrogens (tertiary/aromatic N) is 5. The molecule has 7 nitrogen and oxygen atoms in total. The quantitative estimate of drug-likeness (QED) is 0.689. The van der Waals surface area contributed by atoms with Crippen LogP contribution < -0.4 is 4.90 Å². The lowest BCUT2D eigenvalue weighted by atomic mass is 10.2. The zero-order chi connectivity index (χ0) is 18.9. The van der Waals surface area contributed by atoms with Gasteiger partial charge < -0.3 is 19.6 Å². The standard InChI is InChI=1S/C19H31N5O2/c1-17(25)22(11-6-10-21(2)3)12-8-19(26)24-15-13-23(14-16-24)18-7-4-5-9-20-18/h4-5,7,9H,6,8,10-16H2,1-3H3. The van der Waals surface area contributed by atoms with E-state index in [0.29, 0.717) is 32.6 Å². The van der Waals surface area contributed by atoms with Crippen molar-refractivity contribution < 1.29 is 9.59 Å². The van der Waals surface area contributed by atoms with Crippen LogP contribution in [0.15, 0.2) is 24.4 Å². The highest BCUT2D eigenvalue weighted by atomic mass is 16.2. The molecule has 0 unspecified atom stereocenters. The first-order valence-electron chi connectivity index (χ1n) is 9.31. The van der Waals surface area contributed by atoms with E-state index in [4.69, 9.17) is 0 Å². The van der Waals surface area contributed by atoms with E-state index in [-0.39, 0.29) is 11.8 Å². The van der Waals surface area contributed by atoms with E-state index in [1.54, 1.807) is 18.0 Å². The lowest BCUT2D eigenvalue weighted by molar-refractivity contribution is -0.133. The van der Waals surface area contributed by atoms with E-state index < -0.39 is 0 Å². The smallest absolute Gasteiger partial charge is 0.224 e. The Morgan fingerprint density at radius 3 is 2.38 bits per heavy atom. The number of piperazine rings is 1. The van der Waals surface area contributed by atoms with Crippen molar-refractivity contribution in [3.63, 3.8) is 0 Å². The van der Waals surface area contributed by atoms with Gasteiger partial charge in [-0.15, -0.1) is 0 Å². The van der Waals surface area contributed by atoms with Crippen LogP contribution in [-0.2, 0) is 9.59 Å². The Balaban J connectivity index is 1.74. The largest absolute Gasteiger partial charge is 0.353 e. The Morgan fingerprint density at radius 2 is 1.81 bits per heavy atom. The molecule has 0 atom stereocenters. The summed E-state index contributed by atoms with van der Waals surface area (Å²) in [7, 11) is 4.04. The first-order valence-corrected chi connectivity index (χ1v) is 9.31. The van der Waals surface area contributed by atoms with Crippen LogP contribution >= 0.6 is 0 Å². The van der Waals surface area contributed by atoms with Crippen molar-refractivity contribution in [3.8, 4) is 0 Å². The second-order valence-corrected chi connectivity index (χ2v) is 6.97. The predicted molar refractivity (Wildman–Crippen MR) is 103 cm³/mol. The molecule has 144 valence electrons. The third kappa shape index (κ3) is 6.29. The lowest BCUT2D eigenvalue weighted by Crippen LogP contribution is -2.49. The molecular weight excluding hydrogens is 330 g/mol. The molecule has 0 saturated carbocycles. The van der Waals surface area contributed by atoms with E-state index in [0.717, 1.165) is 31.9 Å². The molecule has 0 aromatic carbocycles. The normalized spacial score (nSPS) is 14.6. The maximum absolute atomic E-state index is 12.5. The number of carbonyl (C=O) groups excluding carboxylic acids is 2. The number of pyridine rings is 1. The molecule has 26 heavy (non-hydrogen) atoms. The van der Waals surface area contributed by atoms with Crippen LogP contribution in [0, 0.1) is 0 Å². The van der Waals surface area contributed by atoms with Gasteiger partial charge in [-0.2, -0.15) is 0 Å². The van der Waals surface area contributed by atoms with Crippen molar-refractivity contribution in [2.75, 3.05) is 64.8 Å². The Bertz CT molecular complexity index is 571. The highest BCUT2D eigenvalue weighted by molar-refractivity contribution is 5.78. The number of carbonyl (C=O) groups is 2. The minimum Gasteiger partial charge on any atom is -0.353 e. The molecular formula is C19H31N5O2. The maximum Gasteiger partial charge on any atom is 0.224 e. The summed E-state index contributed by atoms with van der Waals surface area (Å²) in [5.74, 6) is 1.13. The van der Waals surface area contributed by atoms with Gasteiger partial charge in [-0.1, -0.05) is 6.07 Å². The second-order valence-electron chi connectivity index (χ2n) is 6.97. The summed E-state index contributed by atoms with van der Waals surface area (Å²) >= 11 is 0. The summed E-state index contributed by atoms with van der Waals surface area (Å²) in [6.07, 6.45) is 3.11. The van der Waals surface area contributed by atoms with Gasteiger partial charge in [0.2, 0.25) is 11.8 Å². The number of hydrogen-bond acceptors (Lipinski definition) is 5. The van der Waals surface area contributed by atoms with Gasteiger partial charge in [-0.3, -0.25) is 9.59 Å². The second kappa shape index (κ2) is 10.1. The van der Waals surface area contributed by atoms with Crippen LogP contribution in [0.4, 0.5) is 5.82 Å². The van der Waals surface area contributed by atoms with Crippen LogP contribution in [0.25, 0.3) is 0 Å². The SMILES string of the molecule is CC(=O)N(CCCN(C)C)CCC(=O)N1CCN(c2ccccn2)CC1. The summed E-state index contributed by atoms with van der Waals surface area (Å²) in [6.45, 7) is 6.71. The molecule has 0 spiro atoms. The zero-order valence-electron chi connectivity index (χ0n) is 16.2. The summed E-state index contributed by atoms with van der Waals surface area (Å²) in [5, 5.41) is 0. The first kappa shape index (κ1) is 20.2. The fourth-order valence-corrected chi connectivity index (χ4v) is 3.12. The number of anilines is 1. The predicted octanol–water partition coefficient (Wildman–Crippen LogP) is 0.921. The third-order valence-corrected chi connectivity index (χ3v) is 4.68. The van der Waals surface area contributed by atoms with Crippen LogP contribution in [0.5, 0.6) is 0 Å². The van der Waals surface area contributed by atoms with E-state index in [1.165, 1.54) is 0 Å². The molecule has 1 aliphatic rings. The number of amides is 2. The Hall–Kier alpha value is -2.15. The van der Waals surface area contributed by atoms with Crippen LogP contribution in [-0.4, -0.2) is 91.4 Å². The molecule has 1 aromatic heterocycles. The highest BCUT2D eigenvalue weighted by Crippen LogP contribution is 2.13. The van der Waals surface area contributed by atoms with Crippen molar-refractivity contribution >= 4 is 17.6 Å². The Morgan fingerprint density at radius 1 is 1.08 bits per heavy atom. The van der Waals surface area contributed by atoms with Crippen molar-refractivity contribution in [1.29, 1.82) is 0 Å². The minimum atomic E-state index is 0.0385. The molecule has 1 fully saturated rings.